The van der Waals surface area contributed by atoms with Gasteiger partial charge in [0.15, 0.2) is 0 Å². The maximum atomic E-state index is 5.03. The highest BCUT2D eigenvalue weighted by molar-refractivity contribution is 7.17. The van der Waals surface area contributed by atoms with Crippen molar-refractivity contribution in [3.63, 3.8) is 0 Å². The topological polar surface area (TPSA) is 50.3 Å². The smallest absolute Gasteiger partial charge is 0.125 e. The molecule has 4 heterocycles. The van der Waals surface area contributed by atoms with Gasteiger partial charge in [0.2, 0.25) is 0 Å². The Labute approximate surface area is 179 Å². The maximum Gasteiger partial charge on any atom is 0.125 e. The number of aromatic nitrogens is 2. The van der Waals surface area contributed by atoms with Crippen LogP contribution in [0.4, 0.5) is 11.4 Å². The molecule has 0 unspecified atom stereocenters. The number of nitrogens with one attached hydrogen (secondary N) is 1. The van der Waals surface area contributed by atoms with Crippen molar-refractivity contribution in [3.05, 3.63) is 47.4 Å². The van der Waals surface area contributed by atoms with Crippen LogP contribution in [0.2, 0.25) is 0 Å². The van der Waals surface area contributed by atoms with Crippen molar-refractivity contribution in [2.45, 2.75) is 25.3 Å². The Kier molecular flexibility index (Phi) is 6.71. The summed E-state index contributed by atoms with van der Waals surface area (Å²) in [4.78, 5) is 12.2. The molecule has 1 saturated heterocycles. The van der Waals surface area contributed by atoms with Crippen LogP contribution >= 0.6 is 22.7 Å². The molecule has 29 heavy (non-hydrogen) atoms. The van der Waals surface area contributed by atoms with Crippen molar-refractivity contribution >= 4 is 54.5 Å². The van der Waals surface area contributed by atoms with E-state index in [9.17, 15) is 0 Å². The fourth-order valence-electron chi connectivity index (χ4n) is 3.67. The summed E-state index contributed by atoms with van der Waals surface area (Å²) >= 11 is 3.31. The fourth-order valence-corrected chi connectivity index (χ4v) is 5.09. The highest BCUT2D eigenvalue weighted by Gasteiger charge is 2.19. The van der Waals surface area contributed by atoms with Gasteiger partial charge in [0.05, 0.1) is 21.4 Å². The average molecular weight is 427 g/mol. The van der Waals surface area contributed by atoms with Gasteiger partial charge in [-0.1, -0.05) is 0 Å². The number of thiophene rings is 1. The van der Waals surface area contributed by atoms with Gasteiger partial charge in [0, 0.05) is 37.0 Å². The van der Waals surface area contributed by atoms with Crippen LogP contribution in [0.3, 0.4) is 0 Å². The van der Waals surface area contributed by atoms with E-state index in [1.165, 1.54) is 30.5 Å². The van der Waals surface area contributed by atoms with Crippen LogP contribution < -0.4 is 5.32 Å². The highest BCUT2D eigenvalue weighted by Crippen LogP contribution is 2.29. The Hall–Kier alpha value is -2.06. The number of likely N-dealkylation sites (tertiary alicyclic amines) is 1. The molecule has 4 aromatic rings. The number of hydrogen-bond donors (Lipinski definition) is 1. The number of methoxy groups -OCH3 is 1. The van der Waals surface area contributed by atoms with E-state index >= 15 is 0 Å². The zero-order valence-electron chi connectivity index (χ0n) is 16.8. The lowest BCUT2D eigenvalue weighted by molar-refractivity contribution is 0.163. The first kappa shape index (κ1) is 20.2. The molecule has 7 heteroatoms. The summed E-state index contributed by atoms with van der Waals surface area (Å²) in [5.74, 6) is 0. The molecule has 1 fully saturated rings. The number of pyridine rings is 1. The highest BCUT2D eigenvalue weighted by atomic mass is 32.1. The number of rotatable bonds is 5. The molecule has 1 atom stereocenters. The monoisotopic (exact) mass is 426 g/mol. The van der Waals surface area contributed by atoms with E-state index in [-0.39, 0.29) is 0 Å². The van der Waals surface area contributed by atoms with Crippen molar-refractivity contribution in [1.29, 1.82) is 0 Å². The molecule has 3 aromatic heterocycles. The van der Waals surface area contributed by atoms with E-state index in [1.54, 1.807) is 29.8 Å². The van der Waals surface area contributed by atoms with Gasteiger partial charge in [-0.2, -0.15) is 0 Å². The summed E-state index contributed by atoms with van der Waals surface area (Å²) in [6.45, 7) is 2.18. The predicted octanol–water partition coefficient (Wildman–Crippen LogP) is 5.77. The molecule has 1 aliphatic rings. The molecular weight excluding hydrogens is 400 g/mol. The molecule has 0 aliphatic carbocycles. The number of ether oxygens (including phenoxy) is 1. The molecule has 5 rings (SSSR count). The predicted molar refractivity (Wildman–Crippen MR) is 125 cm³/mol. The number of nitrogens with zero attached hydrogens (tertiary/aromatic N) is 3. The SMILES string of the molecule is COCC[C@@H]1CCCN1C.c1cc(Nc2ccc3scnc3c2)c2ccsc2n1. The van der Waals surface area contributed by atoms with Gasteiger partial charge in [0.25, 0.3) is 0 Å². The average Bonchev–Trinajstić information content (AvgIpc) is 3.47. The minimum Gasteiger partial charge on any atom is -0.385 e. The third kappa shape index (κ3) is 4.93. The first-order valence-corrected chi connectivity index (χ1v) is 11.6. The molecule has 5 nitrogen and oxygen atoms in total. The summed E-state index contributed by atoms with van der Waals surface area (Å²) in [6.07, 6.45) is 5.76. The fraction of sp³-hybridized carbons (Fsp3) is 0.364. The van der Waals surface area contributed by atoms with Crippen molar-refractivity contribution in [1.82, 2.24) is 14.9 Å². The standard InChI is InChI=1S/C14H9N3S2.C8H17NO/c1-2-13-12(16-8-19-13)7-9(1)17-11-3-5-15-14-10(11)4-6-18-14;1-9-6-3-4-8(9)5-7-10-2/h1-8H,(H,15,17);8H,3-7H2,1-2H3/t;8-/m.0/s1. The van der Waals surface area contributed by atoms with E-state index < -0.39 is 0 Å². The number of benzene rings is 1. The van der Waals surface area contributed by atoms with E-state index in [1.807, 2.05) is 17.8 Å². The number of anilines is 2. The summed E-state index contributed by atoms with van der Waals surface area (Å²) in [7, 11) is 3.97. The Morgan fingerprint density at radius 3 is 2.97 bits per heavy atom. The van der Waals surface area contributed by atoms with Gasteiger partial charge in [-0.15, -0.1) is 22.7 Å². The van der Waals surface area contributed by atoms with E-state index in [4.69, 9.17) is 4.74 Å². The molecule has 152 valence electrons. The van der Waals surface area contributed by atoms with Crippen LogP contribution in [0.5, 0.6) is 0 Å². The summed E-state index contributed by atoms with van der Waals surface area (Å²) in [5.41, 5.74) is 5.04. The maximum absolute atomic E-state index is 5.03. The van der Waals surface area contributed by atoms with Crippen LogP contribution in [-0.4, -0.2) is 48.2 Å². The van der Waals surface area contributed by atoms with E-state index in [0.29, 0.717) is 0 Å². The lowest BCUT2D eigenvalue weighted by Gasteiger charge is -2.18. The van der Waals surface area contributed by atoms with Crippen molar-refractivity contribution in [2.24, 2.45) is 0 Å². The zero-order valence-corrected chi connectivity index (χ0v) is 18.4. The lowest BCUT2D eigenvalue weighted by atomic mass is 10.2. The molecule has 0 saturated carbocycles. The van der Waals surface area contributed by atoms with Crippen LogP contribution in [0.1, 0.15) is 19.3 Å². The summed E-state index contributed by atoms with van der Waals surface area (Å²) in [5, 5.41) is 6.67. The lowest BCUT2D eigenvalue weighted by Crippen LogP contribution is -2.25. The molecule has 0 bridgehead atoms. The molecule has 1 N–H and O–H groups in total. The van der Waals surface area contributed by atoms with Crippen molar-refractivity contribution < 1.29 is 4.74 Å². The van der Waals surface area contributed by atoms with Crippen LogP contribution in [0.25, 0.3) is 20.4 Å². The van der Waals surface area contributed by atoms with Gasteiger partial charge >= 0.3 is 0 Å². The van der Waals surface area contributed by atoms with Gasteiger partial charge in [-0.3, -0.25) is 0 Å². The third-order valence-electron chi connectivity index (χ3n) is 5.30. The van der Waals surface area contributed by atoms with Gasteiger partial charge in [0.1, 0.15) is 4.83 Å². The number of thiazole rings is 1. The Morgan fingerprint density at radius 1 is 1.21 bits per heavy atom. The summed E-state index contributed by atoms with van der Waals surface area (Å²) < 4.78 is 6.23. The Balaban J connectivity index is 0.000000174. The first-order valence-electron chi connectivity index (χ1n) is 9.86. The molecule has 1 aliphatic heterocycles. The second kappa shape index (κ2) is 9.63. The van der Waals surface area contributed by atoms with Crippen molar-refractivity contribution in [2.75, 3.05) is 32.6 Å². The number of fused-ring (bicyclic) bond motifs is 2. The van der Waals surface area contributed by atoms with Crippen molar-refractivity contribution in [3.8, 4) is 0 Å². The Bertz CT molecular complexity index is 1060. The molecular formula is C22H26N4OS2. The largest absolute Gasteiger partial charge is 0.385 e. The van der Waals surface area contributed by atoms with Gasteiger partial charge in [-0.05, 0) is 68.6 Å². The first-order chi connectivity index (χ1) is 14.2. The quantitative estimate of drug-likeness (QED) is 0.439. The van der Waals surface area contributed by atoms with Crippen LogP contribution in [-0.2, 0) is 4.74 Å². The Morgan fingerprint density at radius 2 is 2.14 bits per heavy atom. The van der Waals surface area contributed by atoms with E-state index in [2.05, 4.69) is 56.9 Å². The third-order valence-corrected chi connectivity index (χ3v) is 6.93. The molecule has 0 spiro atoms. The van der Waals surface area contributed by atoms with E-state index in [0.717, 1.165) is 39.8 Å². The molecule has 0 amide bonds. The van der Waals surface area contributed by atoms with Gasteiger partial charge in [-0.25, -0.2) is 9.97 Å². The van der Waals surface area contributed by atoms with Crippen LogP contribution in [0.15, 0.2) is 47.4 Å². The minimum absolute atomic E-state index is 0.792. The summed E-state index contributed by atoms with van der Waals surface area (Å²) in [6, 6.07) is 11.1. The molecule has 1 aromatic carbocycles. The normalized spacial score (nSPS) is 16.8. The number of hydrogen-bond acceptors (Lipinski definition) is 7. The second-order valence-corrected chi connectivity index (χ2v) is 9.00. The van der Waals surface area contributed by atoms with Gasteiger partial charge < -0.3 is 15.0 Å². The zero-order chi connectivity index (χ0) is 20.1. The minimum atomic E-state index is 0.792. The molecule has 0 radical (unpaired) electrons. The van der Waals surface area contributed by atoms with Crippen LogP contribution in [0, 0.1) is 0 Å². The second-order valence-electron chi connectivity index (χ2n) is 7.22.